The fraction of sp³-hybridized carbons (Fsp3) is 0.462. The molecule has 0 aliphatic carbocycles. The van der Waals surface area contributed by atoms with E-state index in [9.17, 15) is 13.2 Å². The van der Waals surface area contributed by atoms with Gasteiger partial charge in [0.15, 0.2) is 10.7 Å². The molecule has 0 N–H and O–H groups in total. The molecule has 0 atom stereocenters. The van der Waals surface area contributed by atoms with Gasteiger partial charge >= 0.3 is 0 Å². The molecule has 0 saturated heterocycles. The first kappa shape index (κ1) is 13.9. The molecule has 0 aromatic heterocycles. The predicted octanol–water partition coefficient (Wildman–Crippen LogP) is 2.72. The van der Waals surface area contributed by atoms with Crippen molar-refractivity contribution in [3.8, 4) is 0 Å². The molecular weight excluding hydrogens is 236 g/mol. The average Bonchev–Trinajstić information content (AvgIpc) is 2.26. The molecule has 0 spiro atoms. The Kier molecular flexibility index (Phi) is 4.46. The summed E-state index contributed by atoms with van der Waals surface area (Å²) in [5.41, 5.74) is 2.00. The monoisotopic (exact) mass is 254 g/mol. The van der Waals surface area contributed by atoms with E-state index >= 15 is 0 Å². The van der Waals surface area contributed by atoms with Crippen molar-refractivity contribution in [3.63, 3.8) is 0 Å². The number of carbonyl (C=O) groups excluding carboxylic acids is 1. The van der Waals surface area contributed by atoms with Crippen molar-refractivity contribution in [2.75, 3.05) is 0 Å². The summed E-state index contributed by atoms with van der Waals surface area (Å²) in [7, 11) is -2.64. The second-order valence-electron chi connectivity index (χ2n) is 4.73. The van der Waals surface area contributed by atoms with Crippen molar-refractivity contribution in [2.45, 2.75) is 44.4 Å². The van der Waals surface area contributed by atoms with Gasteiger partial charge in [0.05, 0.1) is 4.90 Å². The van der Waals surface area contributed by atoms with E-state index in [4.69, 9.17) is 0 Å². The molecule has 4 heteroatoms. The molecule has 0 aliphatic rings. The Morgan fingerprint density at radius 3 is 1.65 bits per heavy atom. The third-order valence-corrected chi connectivity index (χ3v) is 3.64. The summed E-state index contributed by atoms with van der Waals surface area (Å²) in [6, 6.07) is 3.34. The smallest absolute Gasteiger partial charge is 0.168 e. The Morgan fingerprint density at radius 2 is 1.41 bits per heavy atom. The van der Waals surface area contributed by atoms with Crippen LogP contribution in [0.3, 0.4) is 0 Å². The van der Waals surface area contributed by atoms with Crippen molar-refractivity contribution in [2.24, 2.45) is 0 Å². The Bertz CT molecular complexity index is 462. The SMILES string of the molecule is CC(C)c1cc(C=O)cc(C(C)C)c1[SH](=O)=O. The van der Waals surface area contributed by atoms with Gasteiger partial charge in [-0.15, -0.1) is 0 Å². The van der Waals surface area contributed by atoms with Crippen molar-refractivity contribution < 1.29 is 13.2 Å². The van der Waals surface area contributed by atoms with Crippen molar-refractivity contribution in [1.29, 1.82) is 0 Å². The third kappa shape index (κ3) is 2.94. The molecule has 3 nitrogen and oxygen atoms in total. The lowest BCUT2D eigenvalue weighted by molar-refractivity contribution is 0.112. The molecular formula is C13H18O3S. The fourth-order valence-corrected chi connectivity index (χ4v) is 2.93. The Morgan fingerprint density at radius 1 is 1.00 bits per heavy atom. The van der Waals surface area contributed by atoms with Gasteiger partial charge in [-0.25, -0.2) is 8.42 Å². The first-order chi connectivity index (χ1) is 7.88. The third-order valence-electron chi connectivity index (χ3n) is 2.75. The minimum absolute atomic E-state index is 0.0790. The summed E-state index contributed by atoms with van der Waals surface area (Å²) in [5, 5.41) is 0. The molecule has 0 unspecified atom stereocenters. The normalized spacial score (nSPS) is 11.5. The van der Waals surface area contributed by atoms with Gasteiger partial charge < -0.3 is 0 Å². The maximum atomic E-state index is 11.4. The largest absolute Gasteiger partial charge is 0.298 e. The Hall–Kier alpha value is -1.16. The van der Waals surface area contributed by atoms with Gasteiger partial charge in [-0.2, -0.15) is 0 Å². The van der Waals surface area contributed by atoms with E-state index in [0.29, 0.717) is 10.5 Å². The van der Waals surface area contributed by atoms with E-state index in [2.05, 4.69) is 0 Å². The minimum Gasteiger partial charge on any atom is -0.298 e. The van der Waals surface area contributed by atoms with Gasteiger partial charge in [0.25, 0.3) is 0 Å². The van der Waals surface area contributed by atoms with Crippen LogP contribution in [0.25, 0.3) is 0 Å². The summed E-state index contributed by atoms with van der Waals surface area (Å²) in [4.78, 5) is 11.3. The van der Waals surface area contributed by atoms with Crippen LogP contribution in [0.15, 0.2) is 17.0 Å². The fourth-order valence-electron chi connectivity index (χ4n) is 1.86. The highest BCUT2D eigenvalue weighted by Gasteiger charge is 2.17. The number of hydrogen-bond donors (Lipinski definition) is 1. The zero-order valence-corrected chi connectivity index (χ0v) is 11.5. The van der Waals surface area contributed by atoms with E-state index in [-0.39, 0.29) is 11.8 Å². The molecule has 1 aromatic rings. The quantitative estimate of drug-likeness (QED) is 0.664. The number of hydrogen-bond acceptors (Lipinski definition) is 3. The summed E-state index contributed by atoms with van der Waals surface area (Å²) in [6.45, 7) is 7.71. The second kappa shape index (κ2) is 5.45. The van der Waals surface area contributed by atoms with E-state index in [0.717, 1.165) is 17.4 Å². The second-order valence-corrected chi connectivity index (χ2v) is 5.69. The summed E-state index contributed by atoms with van der Waals surface area (Å²) in [5.74, 6) is 0.158. The van der Waals surface area contributed by atoms with Crippen LogP contribution in [-0.4, -0.2) is 14.7 Å². The molecule has 0 amide bonds. The molecule has 0 aliphatic heterocycles. The lowest BCUT2D eigenvalue weighted by Gasteiger charge is -2.16. The van der Waals surface area contributed by atoms with Crippen LogP contribution >= 0.6 is 0 Å². The first-order valence-corrected chi connectivity index (χ1v) is 6.83. The van der Waals surface area contributed by atoms with Crippen LogP contribution in [-0.2, 0) is 10.7 Å². The van der Waals surface area contributed by atoms with Gasteiger partial charge in [-0.1, -0.05) is 27.7 Å². The maximum Gasteiger partial charge on any atom is 0.168 e. The summed E-state index contributed by atoms with van der Waals surface area (Å²) in [6.07, 6.45) is 0.763. The molecule has 0 heterocycles. The first-order valence-electron chi connectivity index (χ1n) is 5.65. The Balaban J connectivity index is 3.67. The van der Waals surface area contributed by atoms with Crippen molar-refractivity contribution in [3.05, 3.63) is 28.8 Å². The van der Waals surface area contributed by atoms with E-state index < -0.39 is 10.7 Å². The van der Waals surface area contributed by atoms with Crippen LogP contribution in [0.2, 0.25) is 0 Å². The number of benzene rings is 1. The predicted molar refractivity (Wildman–Crippen MR) is 68.6 cm³/mol. The topological polar surface area (TPSA) is 51.2 Å². The van der Waals surface area contributed by atoms with Gasteiger partial charge in [0, 0.05) is 5.56 Å². The summed E-state index contributed by atoms with van der Waals surface area (Å²) < 4.78 is 22.8. The molecule has 1 aromatic carbocycles. The van der Waals surface area contributed by atoms with E-state index in [1.165, 1.54) is 0 Å². The number of aldehydes is 1. The van der Waals surface area contributed by atoms with Crippen LogP contribution in [0.5, 0.6) is 0 Å². The molecule has 0 radical (unpaired) electrons. The van der Waals surface area contributed by atoms with Crippen LogP contribution < -0.4 is 0 Å². The minimum atomic E-state index is -2.64. The highest BCUT2D eigenvalue weighted by molar-refractivity contribution is 7.72. The molecule has 0 bridgehead atoms. The van der Waals surface area contributed by atoms with Crippen LogP contribution in [0, 0.1) is 0 Å². The standard InChI is InChI=1S/C13H18O3S/c1-8(2)11-5-10(7-14)6-12(9(3)4)13(11)17(15)16/h5-9,17H,1-4H3. The van der Waals surface area contributed by atoms with E-state index in [1.807, 2.05) is 27.7 Å². The van der Waals surface area contributed by atoms with E-state index in [1.54, 1.807) is 12.1 Å². The van der Waals surface area contributed by atoms with Gasteiger partial charge in [-0.3, -0.25) is 4.79 Å². The summed E-state index contributed by atoms with van der Waals surface area (Å²) >= 11 is 0. The van der Waals surface area contributed by atoms with Crippen molar-refractivity contribution >= 4 is 17.0 Å². The Labute approximate surface area is 104 Å². The highest BCUT2D eigenvalue weighted by atomic mass is 32.2. The van der Waals surface area contributed by atoms with Gasteiger partial charge in [-0.05, 0) is 35.1 Å². The number of rotatable bonds is 4. The van der Waals surface area contributed by atoms with Crippen molar-refractivity contribution in [1.82, 2.24) is 0 Å². The lowest BCUT2D eigenvalue weighted by atomic mass is 9.93. The molecule has 17 heavy (non-hydrogen) atoms. The highest BCUT2D eigenvalue weighted by Crippen LogP contribution is 2.30. The maximum absolute atomic E-state index is 11.4. The molecule has 94 valence electrons. The number of thiol groups is 1. The zero-order valence-electron chi connectivity index (χ0n) is 10.6. The molecule has 1 rings (SSSR count). The zero-order chi connectivity index (χ0) is 13.2. The van der Waals surface area contributed by atoms with Gasteiger partial charge in [0.2, 0.25) is 0 Å². The van der Waals surface area contributed by atoms with Crippen LogP contribution in [0.4, 0.5) is 0 Å². The van der Waals surface area contributed by atoms with Gasteiger partial charge in [0.1, 0.15) is 6.29 Å². The lowest BCUT2D eigenvalue weighted by Crippen LogP contribution is -2.04. The molecule has 0 fully saturated rings. The van der Waals surface area contributed by atoms with Crippen LogP contribution in [0.1, 0.15) is 61.0 Å². The number of carbonyl (C=O) groups is 1. The average molecular weight is 254 g/mol. The molecule has 0 saturated carbocycles.